The molecule has 0 spiro atoms. The first-order valence-electron chi connectivity index (χ1n) is 8.53. The Labute approximate surface area is 171 Å². The standard InChI is InChI=1S/C20H15ClN4O3S/c1-29(27,28)17-7-3-4-13(11-17)14-8-9-25-18(12-14)22-20(24-25)23-19(26)15-5-2-6-16(21)10-15/h2-12H,1H3,(H,23,24,26). The third-order valence-corrected chi connectivity index (χ3v) is 5.59. The van der Waals surface area contributed by atoms with E-state index in [2.05, 4.69) is 15.4 Å². The fourth-order valence-corrected chi connectivity index (χ4v) is 3.68. The molecule has 1 N–H and O–H groups in total. The Bertz CT molecular complexity index is 1350. The number of pyridine rings is 1. The van der Waals surface area contributed by atoms with E-state index in [1.54, 1.807) is 60.8 Å². The Hall–Kier alpha value is -3.23. The zero-order valence-corrected chi connectivity index (χ0v) is 16.8. The van der Waals surface area contributed by atoms with Crippen LogP contribution in [0.1, 0.15) is 10.4 Å². The summed E-state index contributed by atoms with van der Waals surface area (Å²) in [5.74, 6) is -0.221. The fourth-order valence-electron chi connectivity index (χ4n) is 2.82. The molecule has 2 heterocycles. The highest BCUT2D eigenvalue weighted by molar-refractivity contribution is 7.90. The number of hydrogen-bond donors (Lipinski definition) is 1. The average Bonchev–Trinajstić information content (AvgIpc) is 3.08. The summed E-state index contributed by atoms with van der Waals surface area (Å²) in [5.41, 5.74) is 2.43. The Morgan fingerprint density at radius 3 is 2.55 bits per heavy atom. The van der Waals surface area contributed by atoms with Crippen LogP contribution in [0.25, 0.3) is 16.8 Å². The number of halogens is 1. The summed E-state index contributed by atoms with van der Waals surface area (Å²) in [7, 11) is -3.30. The highest BCUT2D eigenvalue weighted by atomic mass is 35.5. The molecule has 2 aromatic carbocycles. The molecule has 146 valence electrons. The van der Waals surface area contributed by atoms with Gasteiger partial charge in [-0.25, -0.2) is 12.9 Å². The Morgan fingerprint density at radius 2 is 1.79 bits per heavy atom. The second-order valence-corrected chi connectivity index (χ2v) is 8.87. The van der Waals surface area contributed by atoms with E-state index in [1.165, 1.54) is 10.8 Å². The lowest BCUT2D eigenvalue weighted by atomic mass is 10.1. The molecule has 0 atom stereocenters. The van der Waals surface area contributed by atoms with Gasteiger partial charge in [0.05, 0.1) is 4.90 Å². The van der Waals surface area contributed by atoms with Crippen LogP contribution in [-0.2, 0) is 9.84 Å². The molecule has 0 unspecified atom stereocenters. The number of aromatic nitrogens is 3. The third-order valence-electron chi connectivity index (χ3n) is 4.25. The normalized spacial score (nSPS) is 11.5. The summed E-state index contributed by atoms with van der Waals surface area (Å²) < 4.78 is 25.1. The molecule has 0 aliphatic heterocycles. The van der Waals surface area contributed by atoms with Crippen LogP contribution in [0.3, 0.4) is 0 Å². The summed E-state index contributed by atoms with van der Waals surface area (Å²) >= 11 is 5.92. The highest BCUT2D eigenvalue weighted by Crippen LogP contribution is 2.24. The topological polar surface area (TPSA) is 93.4 Å². The van der Waals surface area contributed by atoms with Crippen molar-refractivity contribution in [2.45, 2.75) is 4.90 Å². The molecule has 9 heteroatoms. The van der Waals surface area contributed by atoms with Gasteiger partial charge in [-0.15, -0.1) is 5.10 Å². The molecule has 4 rings (SSSR count). The van der Waals surface area contributed by atoms with Crippen molar-refractivity contribution in [2.75, 3.05) is 11.6 Å². The lowest BCUT2D eigenvalue weighted by Gasteiger charge is -2.04. The van der Waals surface area contributed by atoms with Gasteiger partial charge in [0.1, 0.15) is 0 Å². The van der Waals surface area contributed by atoms with Gasteiger partial charge < -0.3 is 0 Å². The van der Waals surface area contributed by atoms with Crippen LogP contribution in [0.15, 0.2) is 71.8 Å². The van der Waals surface area contributed by atoms with Crippen LogP contribution in [0.2, 0.25) is 5.02 Å². The average molecular weight is 427 g/mol. The fraction of sp³-hybridized carbons (Fsp3) is 0.0500. The second kappa shape index (κ2) is 7.31. The molecular weight excluding hydrogens is 412 g/mol. The summed E-state index contributed by atoms with van der Waals surface area (Å²) in [4.78, 5) is 16.9. The molecule has 4 aromatic rings. The number of anilines is 1. The number of rotatable bonds is 4. The van der Waals surface area contributed by atoms with E-state index < -0.39 is 9.84 Å². The summed E-state index contributed by atoms with van der Waals surface area (Å²) in [6, 6.07) is 16.8. The van der Waals surface area contributed by atoms with Crippen LogP contribution in [-0.4, -0.2) is 35.2 Å². The Morgan fingerprint density at radius 1 is 1.03 bits per heavy atom. The molecule has 0 aliphatic carbocycles. The molecule has 0 radical (unpaired) electrons. The van der Waals surface area contributed by atoms with Crippen molar-refractivity contribution < 1.29 is 13.2 Å². The van der Waals surface area contributed by atoms with Crippen molar-refractivity contribution in [1.82, 2.24) is 14.6 Å². The van der Waals surface area contributed by atoms with Crippen LogP contribution in [0, 0.1) is 0 Å². The van der Waals surface area contributed by atoms with Gasteiger partial charge in [-0.05, 0) is 53.6 Å². The SMILES string of the molecule is CS(=O)(=O)c1cccc(-c2ccn3nc(NC(=O)c4cccc(Cl)c4)nc3c2)c1. The van der Waals surface area contributed by atoms with Crippen LogP contribution >= 0.6 is 11.6 Å². The Balaban J connectivity index is 1.64. The maximum Gasteiger partial charge on any atom is 0.258 e. The molecule has 29 heavy (non-hydrogen) atoms. The zero-order valence-electron chi connectivity index (χ0n) is 15.2. The molecule has 0 fully saturated rings. The van der Waals surface area contributed by atoms with Crippen molar-refractivity contribution >= 4 is 38.9 Å². The third kappa shape index (κ3) is 4.13. The lowest BCUT2D eigenvalue weighted by Crippen LogP contribution is -2.12. The quantitative estimate of drug-likeness (QED) is 0.537. The highest BCUT2D eigenvalue weighted by Gasteiger charge is 2.12. The number of nitrogens with one attached hydrogen (secondary N) is 1. The van der Waals surface area contributed by atoms with E-state index in [9.17, 15) is 13.2 Å². The molecule has 0 saturated carbocycles. The van der Waals surface area contributed by atoms with Gasteiger partial charge in [0, 0.05) is 23.0 Å². The molecular formula is C20H15ClN4O3S. The van der Waals surface area contributed by atoms with Crippen molar-refractivity contribution in [3.63, 3.8) is 0 Å². The van der Waals surface area contributed by atoms with Crippen molar-refractivity contribution in [2.24, 2.45) is 0 Å². The van der Waals surface area contributed by atoms with Gasteiger partial charge in [0.2, 0.25) is 5.95 Å². The number of carbonyl (C=O) groups is 1. The Kier molecular flexibility index (Phi) is 4.81. The second-order valence-electron chi connectivity index (χ2n) is 6.42. The van der Waals surface area contributed by atoms with E-state index in [0.717, 1.165) is 11.1 Å². The van der Waals surface area contributed by atoms with E-state index in [1.807, 2.05) is 6.07 Å². The first-order chi connectivity index (χ1) is 13.8. The molecule has 0 saturated heterocycles. The zero-order chi connectivity index (χ0) is 20.6. The van der Waals surface area contributed by atoms with Gasteiger partial charge >= 0.3 is 0 Å². The molecule has 0 aliphatic rings. The number of fused-ring (bicyclic) bond motifs is 1. The minimum absolute atomic E-state index is 0.150. The van der Waals surface area contributed by atoms with E-state index in [0.29, 0.717) is 16.2 Å². The first-order valence-corrected chi connectivity index (χ1v) is 10.8. The van der Waals surface area contributed by atoms with E-state index in [4.69, 9.17) is 11.6 Å². The van der Waals surface area contributed by atoms with Gasteiger partial charge in [0.25, 0.3) is 5.91 Å². The van der Waals surface area contributed by atoms with E-state index in [-0.39, 0.29) is 16.8 Å². The van der Waals surface area contributed by atoms with Gasteiger partial charge in [-0.2, -0.15) is 4.98 Å². The van der Waals surface area contributed by atoms with Crippen LogP contribution in [0.4, 0.5) is 5.95 Å². The summed E-state index contributed by atoms with van der Waals surface area (Å²) in [6.07, 6.45) is 2.86. The molecule has 1 amide bonds. The van der Waals surface area contributed by atoms with Crippen molar-refractivity contribution in [3.8, 4) is 11.1 Å². The number of hydrogen-bond acceptors (Lipinski definition) is 5. The predicted molar refractivity (Wildman–Crippen MR) is 111 cm³/mol. The number of amides is 1. The summed E-state index contributed by atoms with van der Waals surface area (Å²) in [5, 5.41) is 7.34. The minimum atomic E-state index is -3.30. The first kappa shape index (κ1) is 19.1. The number of carbonyl (C=O) groups excluding carboxylic acids is 1. The molecule has 7 nitrogen and oxygen atoms in total. The largest absolute Gasteiger partial charge is 0.289 e. The van der Waals surface area contributed by atoms with Gasteiger partial charge in [-0.1, -0.05) is 29.8 Å². The predicted octanol–water partition coefficient (Wildman–Crippen LogP) is 3.71. The maximum absolute atomic E-state index is 12.3. The van der Waals surface area contributed by atoms with Gasteiger partial charge in [-0.3, -0.25) is 10.1 Å². The minimum Gasteiger partial charge on any atom is -0.289 e. The van der Waals surface area contributed by atoms with Crippen molar-refractivity contribution in [1.29, 1.82) is 0 Å². The monoisotopic (exact) mass is 426 g/mol. The van der Waals surface area contributed by atoms with Crippen molar-refractivity contribution in [3.05, 3.63) is 77.4 Å². The molecule has 0 bridgehead atoms. The maximum atomic E-state index is 12.3. The number of benzene rings is 2. The smallest absolute Gasteiger partial charge is 0.258 e. The van der Waals surface area contributed by atoms with E-state index >= 15 is 0 Å². The molecule has 2 aromatic heterocycles. The lowest BCUT2D eigenvalue weighted by molar-refractivity contribution is 0.102. The van der Waals surface area contributed by atoms with Crippen LogP contribution in [0.5, 0.6) is 0 Å². The summed E-state index contributed by atoms with van der Waals surface area (Å²) in [6.45, 7) is 0. The van der Waals surface area contributed by atoms with Gasteiger partial charge in [0.15, 0.2) is 15.5 Å². The number of nitrogens with zero attached hydrogens (tertiary/aromatic N) is 3. The van der Waals surface area contributed by atoms with Crippen LogP contribution < -0.4 is 5.32 Å². The number of sulfone groups is 1.